The minimum atomic E-state index is 0.500. The van der Waals surface area contributed by atoms with Crippen LogP contribution >= 0.6 is 45.2 Å². The zero-order chi connectivity index (χ0) is 13.0. The summed E-state index contributed by atoms with van der Waals surface area (Å²) in [5.74, 6) is 1.53. The maximum atomic E-state index is 10.5. The molecule has 1 fully saturated rings. The van der Waals surface area contributed by atoms with Crippen molar-refractivity contribution in [3.05, 3.63) is 24.8 Å². The summed E-state index contributed by atoms with van der Waals surface area (Å²) in [6.07, 6.45) is 8.04. The van der Waals surface area contributed by atoms with Gasteiger partial charge in [0.05, 0.1) is 7.14 Å². The zero-order valence-electron chi connectivity index (χ0n) is 10.1. The van der Waals surface area contributed by atoms with Gasteiger partial charge in [-0.2, -0.15) is 0 Å². The summed E-state index contributed by atoms with van der Waals surface area (Å²) in [6.45, 7) is 0.500. The molecule has 4 heteroatoms. The summed E-state index contributed by atoms with van der Waals surface area (Å²) in [5.41, 5.74) is 1.37. The first-order chi connectivity index (χ1) is 8.70. The third-order valence-electron chi connectivity index (χ3n) is 3.47. The van der Waals surface area contributed by atoms with Crippen LogP contribution in [-0.2, 0) is 11.2 Å². The van der Waals surface area contributed by atoms with Gasteiger partial charge in [0, 0.05) is 0 Å². The first-order valence-electron chi connectivity index (χ1n) is 6.29. The van der Waals surface area contributed by atoms with Crippen LogP contribution in [0.25, 0.3) is 0 Å². The predicted octanol–water partition coefficient (Wildman–Crippen LogP) is 4.55. The Morgan fingerprint density at radius 1 is 1.17 bits per heavy atom. The van der Waals surface area contributed by atoms with Crippen LogP contribution in [-0.4, -0.2) is 6.47 Å². The Labute approximate surface area is 135 Å². The number of hydrogen-bond acceptors (Lipinski definition) is 2. The molecular formula is C14H16I2O2. The Kier molecular flexibility index (Phi) is 5.72. The smallest absolute Gasteiger partial charge is 0.298 e. The van der Waals surface area contributed by atoms with E-state index in [0.717, 1.165) is 19.5 Å². The van der Waals surface area contributed by atoms with Crippen LogP contribution in [0.5, 0.6) is 5.75 Å². The SMILES string of the molecule is O=COc1c(I)cc(CC2CCCCC2)cc1I. The summed E-state index contributed by atoms with van der Waals surface area (Å²) < 4.78 is 7.07. The van der Waals surface area contributed by atoms with Crippen LogP contribution in [0.15, 0.2) is 12.1 Å². The summed E-state index contributed by atoms with van der Waals surface area (Å²) in [5, 5.41) is 0. The molecule has 2 nitrogen and oxygen atoms in total. The van der Waals surface area contributed by atoms with Gasteiger partial charge in [-0.25, -0.2) is 0 Å². The fourth-order valence-electron chi connectivity index (χ4n) is 2.62. The number of hydrogen-bond donors (Lipinski definition) is 0. The normalized spacial score (nSPS) is 16.6. The topological polar surface area (TPSA) is 26.3 Å². The first kappa shape index (κ1) is 14.6. The van der Waals surface area contributed by atoms with Gasteiger partial charge in [0.25, 0.3) is 6.47 Å². The van der Waals surface area contributed by atoms with E-state index in [1.165, 1.54) is 37.7 Å². The molecule has 0 N–H and O–H groups in total. The van der Waals surface area contributed by atoms with Crippen LogP contribution in [0.1, 0.15) is 37.7 Å². The van der Waals surface area contributed by atoms with Crippen molar-refractivity contribution < 1.29 is 9.53 Å². The number of halogens is 2. The van der Waals surface area contributed by atoms with Gasteiger partial charge in [0.1, 0.15) is 0 Å². The van der Waals surface area contributed by atoms with Crippen molar-refractivity contribution in [3.8, 4) is 5.75 Å². The maximum absolute atomic E-state index is 10.5. The third-order valence-corrected chi connectivity index (χ3v) is 5.08. The van der Waals surface area contributed by atoms with E-state index in [1.54, 1.807) is 0 Å². The molecule has 0 amide bonds. The van der Waals surface area contributed by atoms with Crippen molar-refractivity contribution in [2.24, 2.45) is 5.92 Å². The number of rotatable bonds is 4. The fraction of sp³-hybridized carbons (Fsp3) is 0.500. The van der Waals surface area contributed by atoms with E-state index in [9.17, 15) is 4.79 Å². The molecule has 0 heterocycles. The van der Waals surface area contributed by atoms with Crippen molar-refractivity contribution in [1.82, 2.24) is 0 Å². The van der Waals surface area contributed by atoms with Gasteiger partial charge in [0.15, 0.2) is 5.75 Å². The highest BCUT2D eigenvalue weighted by Gasteiger charge is 2.16. The molecule has 0 unspecified atom stereocenters. The maximum Gasteiger partial charge on any atom is 0.298 e. The molecule has 1 aliphatic carbocycles. The number of carbonyl (C=O) groups excluding carboxylic acids is 1. The molecule has 1 aromatic rings. The second-order valence-electron chi connectivity index (χ2n) is 4.81. The Morgan fingerprint density at radius 2 is 1.78 bits per heavy atom. The Balaban J connectivity index is 2.11. The second kappa shape index (κ2) is 7.07. The van der Waals surface area contributed by atoms with Crippen LogP contribution in [0.3, 0.4) is 0 Å². The Hall–Kier alpha value is 0.150. The first-order valence-corrected chi connectivity index (χ1v) is 8.44. The predicted molar refractivity (Wildman–Crippen MR) is 88.8 cm³/mol. The van der Waals surface area contributed by atoms with E-state index in [4.69, 9.17) is 4.74 Å². The van der Waals surface area contributed by atoms with Crippen molar-refractivity contribution in [1.29, 1.82) is 0 Å². The van der Waals surface area contributed by atoms with Gasteiger partial charge in [-0.1, -0.05) is 32.1 Å². The summed E-state index contributed by atoms with van der Waals surface area (Å²) >= 11 is 4.48. The lowest BCUT2D eigenvalue weighted by molar-refractivity contribution is -0.120. The van der Waals surface area contributed by atoms with E-state index >= 15 is 0 Å². The van der Waals surface area contributed by atoms with Crippen LogP contribution < -0.4 is 4.74 Å². The Bertz CT molecular complexity index is 403. The van der Waals surface area contributed by atoms with Gasteiger partial charge < -0.3 is 4.74 Å². The molecule has 1 saturated carbocycles. The van der Waals surface area contributed by atoms with Gasteiger partial charge >= 0.3 is 0 Å². The molecule has 1 aromatic carbocycles. The van der Waals surface area contributed by atoms with Crippen molar-refractivity contribution in [2.75, 3.05) is 0 Å². The molecule has 98 valence electrons. The average molecular weight is 470 g/mol. The molecule has 2 rings (SSSR count). The number of carbonyl (C=O) groups is 1. The van der Waals surface area contributed by atoms with Gasteiger partial charge in [-0.15, -0.1) is 0 Å². The number of ether oxygens (including phenoxy) is 1. The molecular weight excluding hydrogens is 454 g/mol. The molecule has 0 aliphatic heterocycles. The van der Waals surface area contributed by atoms with E-state index in [-0.39, 0.29) is 0 Å². The van der Waals surface area contributed by atoms with Crippen LogP contribution in [0.4, 0.5) is 0 Å². The fourth-order valence-corrected chi connectivity index (χ4v) is 4.77. The minimum Gasteiger partial charge on any atom is -0.426 e. The standard InChI is InChI=1S/C14H16I2O2/c15-12-7-11(6-10-4-2-1-3-5-10)8-13(16)14(12)18-9-17/h7-10H,1-6H2. The molecule has 0 aromatic heterocycles. The average Bonchev–Trinajstić information content (AvgIpc) is 2.35. The lowest BCUT2D eigenvalue weighted by Crippen LogP contribution is -2.09. The van der Waals surface area contributed by atoms with Crippen LogP contribution in [0.2, 0.25) is 0 Å². The summed E-state index contributed by atoms with van der Waals surface area (Å²) in [6, 6.07) is 4.30. The van der Waals surface area contributed by atoms with E-state index in [2.05, 4.69) is 57.3 Å². The molecule has 0 bridgehead atoms. The van der Waals surface area contributed by atoms with Gasteiger partial charge in [-0.3, -0.25) is 4.79 Å². The van der Waals surface area contributed by atoms with E-state index < -0.39 is 0 Å². The molecule has 0 saturated heterocycles. The molecule has 0 spiro atoms. The highest BCUT2D eigenvalue weighted by Crippen LogP contribution is 2.32. The monoisotopic (exact) mass is 470 g/mol. The van der Waals surface area contributed by atoms with Gasteiger partial charge in [-0.05, 0) is 75.2 Å². The molecule has 18 heavy (non-hydrogen) atoms. The zero-order valence-corrected chi connectivity index (χ0v) is 14.4. The van der Waals surface area contributed by atoms with E-state index in [0.29, 0.717) is 12.2 Å². The van der Waals surface area contributed by atoms with Crippen LogP contribution in [0, 0.1) is 13.1 Å². The third kappa shape index (κ3) is 3.82. The Morgan fingerprint density at radius 3 is 2.33 bits per heavy atom. The van der Waals surface area contributed by atoms with Crippen molar-refractivity contribution in [2.45, 2.75) is 38.5 Å². The van der Waals surface area contributed by atoms with Crippen molar-refractivity contribution >= 4 is 51.7 Å². The minimum absolute atomic E-state index is 0.500. The molecule has 1 aliphatic rings. The largest absolute Gasteiger partial charge is 0.426 e. The quantitative estimate of drug-likeness (QED) is 0.477. The summed E-state index contributed by atoms with van der Waals surface area (Å²) in [7, 11) is 0. The highest BCUT2D eigenvalue weighted by molar-refractivity contribution is 14.1. The van der Waals surface area contributed by atoms with Crippen molar-refractivity contribution in [3.63, 3.8) is 0 Å². The molecule has 0 atom stereocenters. The number of benzene rings is 1. The van der Waals surface area contributed by atoms with E-state index in [1.807, 2.05) is 0 Å². The molecule has 0 radical (unpaired) electrons. The highest BCUT2D eigenvalue weighted by atomic mass is 127. The second-order valence-corrected chi connectivity index (χ2v) is 7.14. The lowest BCUT2D eigenvalue weighted by Gasteiger charge is -2.22. The lowest BCUT2D eigenvalue weighted by atomic mass is 9.85. The summed E-state index contributed by atoms with van der Waals surface area (Å²) in [4.78, 5) is 10.5. The van der Waals surface area contributed by atoms with Gasteiger partial charge in [0.2, 0.25) is 0 Å².